The van der Waals surface area contributed by atoms with E-state index in [2.05, 4.69) is 12.2 Å². The summed E-state index contributed by atoms with van der Waals surface area (Å²) in [6, 6.07) is 0. The molecule has 2 saturated carbocycles. The minimum atomic E-state index is -0.696. The molecule has 0 saturated heterocycles. The second-order valence-corrected chi connectivity index (χ2v) is 6.09. The van der Waals surface area contributed by atoms with Crippen molar-refractivity contribution in [3.05, 3.63) is 0 Å². The van der Waals surface area contributed by atoms with Crippen molar-refractivity contribution in [2.75, 3.05) is 13.1 Å². The third-order valence-corrected chi connectivity index (χ3v) is 4.37. The molecular weight excluding hydrogens is 216 g/mol. The molecule has 0 aromatic heterocycles. The van der Waals surface area contributed by atoms with E-state index in [0.717, 1.165) is 32.1 Å². The molecule has 2 fully saturated rings. The third kappa shape index (κ3) is 2.80. The SMILES string of the molecule is CC1CCCC(O)(CNC(=O)C2(CN)CC2)C1. The molecule has 2 unspecified atom stereocenters. The Hall–Kier alpha value is -0.610. The van der Waals surface area contributed by atoms with Gasteiger partial charge in [-0.05, 0) is 31.6 Å². The molecule has 0 aromatic carbocycles. The number of aliphatic hydroxyl groups is 1. The first kappa shape index (κ1) is 12.8. The van der Waals surface area contributed by atoms with Crippen molar-refractivity contribution in [3.63, 3.8) is 0 Å². The highest BCUT2D eigenvalue weighted by molar-refractivity contribution is 5.85. The van der Waals surface area contributed by atoms with Gasteiger partial charge in [-0.3, -0.25) is 4.79 Å². The molecule has 0 radical (unpaired) electrons. The van der Waals surface area contributed by atoms with E-state index in [-0.39, 0.29) is 11.3 Å². The Morgan fingerprint density at radius 3 is 2.71 bits per heavy atom. The molecule has 4 heteroatoms. The summed E-state index contributed by atoms with van der Waals surface area (Å²) in [6.07, 6.45) is 5.61. The molecule has 0 spiro atoms. The van der Waals surface area contributed by atoms with Crippen LogP contribution in [0.3, 0.4) is 0 Å². The zero-order valence-corrected chi connectivity index (χ0v) is 10.7. The normalized spacial score (nSPS) is 35.4. The van der Waals surface area contributed by atoms with Gasteiger partial charge in [0.1, 0.15) is 0 Å². The Bertz CT molecular complexity index is 302. The smallest absolute Gasteiger partial charge is 0.227 e. The monoisotopic (exact) mass is 240 g/mol. The third-order valence-electron chi connectivity index (χ3n) is 4.37. The molecule has 4 N–H and O–H groups in total. The minimum Gasteiger partial charge on any atom is -0.388 e. The average molecular weight is 240 g/mol. The second-order valence-electron chi connectivity index (χ2n) is 6.09. The molecule has 2 rings (SSSR count). The van der Waals surface area contributed by atoms with E-state index < -0.39 is 5.60 Å². The Labute approximate surface area is 103 Å². The lowest BCUT2D eigenvalue weighted by Gasteiger charge is -2.36. The van der Waals surface area contributed by atoms with Crippen LogP contribution in [-0.2, 0) is 4.79 Å². The van der Waals surface area contributed by atoms with E-state index in [1.54, 1.807) is 0 Å². The van der Waals surface area contributed by atoms with Crippen molar-refractivity contribution in [1.82, 2.24) is 5.32 Å². The van der Waals surface area contributed by atoms with Crippen LogP contribution < -0.4 is 11.1 Å². The van der Waals surface area contributed by atoms with Crippen LogP contribution >= 0.6 is 0 Å². The first-order valence-corrected chi connectivity index (χ1v) is 6.70. The van der Waals surface area contributed by atoms with E-state index in [1.807, 2.05) is 0 Å². The Morgan fingerprint density at radius 1 is 1.47 bits per heavy atom. The van der Waals surface area contributed by atoms with Gasteiger partial charge in [-0.2, -0.15) is 0 Å². The van der Waals surface area contributed by atoms with Crippen LogP contribution in [0.15, 0.2) is 0 Å². The lowest BCUT2D eigenvalue weighted by Crippen LogP contribution is -2.48. The molecule has 98 valence electrons. The number of hydrogen-bond acceptors (Lipinski definition) is 3. The van der Waals surface area contributed by atoms with Gasteiger partial charge >= 0.3 is 0 Å². The summed E-state index contributed by atoms with van der Waals surface area (Å²) in [5, 5.41) is 13.3. The fourth-order valence-electron chi connectivity index (χ4n) is 2.90. The summed E-state index contributed by atoms with van der Waals surface area (Å²) >= 11 is 0. The lowest BCUT2D eigenvalue weighted by atomic mass is 9.79. The molecule has 2 aliphatic carbocycles. The summed E-state index contributed by atoms with van der Waals surface area (Å²) in [7, 11) is 0. The number of nitrogens with one attached hydrogen (secondary N) is 1. The largest absolute Gasteiger partial charge is 0.388 e. The molecular formula is C13H24N2O2. The number of carbonyl (C=O) groups is 1. The van der Waals surface area contributed by atoms with Gasteiger partial charge < -0.3 is 16.2 Å². The van der Waals surface area contributed by atoms with Crippen LogP contribution in [0.1, 0.15) is 45.4 Å². The average Bonchev–Trinajstić information content (AvgIpc) is 3.06. The molecule has 0 bridgehead atoms. The van der Waals surface area contributed by atoms with E-state index >= 15 is 0 Å². The van der Waals surface area contributed by atoms with Gasteiger partial charge in [0, 0.05) is 13.1 Å². The zero-order valence-electron chi connectivity index (χ0n) is 10.7. The first-order valence-electron chi connectivity index (χ1n) is 6.70. The molecule has 17 heavy (non-hydrogen) atoms. The summed E-state index contributed by atoms with van der Waals surface area (Å²) in [4.78, 5) is 11.9. The zero-order chi connectivity index (χ0) is 12.5. The second kappa shape index (κ2) is 4.58. The van der Waals surface area contributed by atoms with Gasteiger partial charge in [0.25, 0.3) is 0 Å². The van der Waals surface area contributed by atoms with Crippen molar-refractivity contribution in [2.45, 2.75) is 51.0 Å². The fourth-order valence-corrected chi connectivity index (χ4v) is 2.90. The molecule has 2 atom stereocenters. The van der Waals surface area contributed by atoms with Gasteiger partial charge in [-0.15, -0.1) is 0 Å². The minimum absolute atomic E-state index is 0.0339. The Kier molecular flexibility index (Phi) is 3.46. The van der Waals surface area contributed by atoms with Crippen LogP contribution in [0.5, 0.6) is 0 Å². The van der Waals surface area contributed by atoms with Gasteiger partial charge in [0.15, 0.2) is 0 Å². The standard InChI is InChI=1S/C13H24N2O2/c1-10-3-2-4-13(17,7-10)9-15-11(16)12(8-14)5-6-12/h10,17H,2-9,14H2,1H3,(H,15,16). The number of carbonyl (C=O) groups excluding carboxylic acids is 1. The van der Waals surface area contributed by atoms with E-state index in [9.17, 15) is 9.90 Å². The molecule has 2 aliphatic rings. The maximum absolute atomic E-state index is 11.9. The van der Waals surface area contributed by atoms with E-state index in [0.29, 0.717) is 19.0 Å². The molecule has 0 aromatic rings. The maximum atomic E-state index is 11.9. The van der Waals surface area contributed by atoms with Gasteiger partial charge in [-0.25, -0.2) is 0 Å². The highest BCUT2D eigenvalue weighted by Crippen LogP contribution is 2.44. The highest BCUT2D eigenvalue weighted by Gasteiger charge is 2.49. The summed E-state index contributed by atoms with van der Waals surface area (Å²) < 4.78 is 0. The van der Waals surface area contributed by atoms with Crippen molar-refractivity contribution < 1.29 is 9.90 Å². The predicted octanol–water partition coefficient (Wildman–Crippen LogP) is 0.783. The predicted molar refractivity (Wildman–Crippen MR) is 66.3 cm³/mol. The van der Waals surface area contributed by atoms with Crippen LogP contribution in [0, 0.1) is 11.3 Å². The number of amides is 1. The van der Waals surface area contributed by atoms with Gasteiger partial charge in [0.2, 0.25) is 5.91 Å². The molecule has 4 nitrogen and oxygen atoms in total. The Morgan fingerprint density at radius 2 is 2.18 bits per heavy atom. The van der Waals surface area contributed by atoms with E-state index in [1.165, 1.54) is 6.42 Å². The first-order chi connectivity index (χ1) is 8.00. The number of hydrogen-bond donors (Lipinski definition) is 3. The van der Waals surface area contributed by atoms with Crippen molar-refractivity contribution >= 4 is 5.91 Å². The van der Waals surface area contributed by atoms with Crippen molar-refractivity contribution in [1.29, 1.82) is 0 Å². The van der Waals surface area contributed by atoms with Gasteiger partial charge in [0.05, 0.1) is 11.0 Å². The van der Waals surface area contributed by atoms with Crippen molar-refractivity contribution in [2.24, 2.45) is 17.1 Å². The van der Waals surface area contributed by atoms with Crippen molar-refractivity contribution in [3.8, 4) is 0 Å². The molecule has 1 amide bonds. The maximum Gasteiger partial charge on any atom is 0.227 e. The lowest BCUT2D eigenvalue weighted by molar-refractivity contribution is -0.127. The topological polar surface area (TPSA) is 75.3 Å². The molecule has 0 aliphatic heterocycles. The Balaban J connectivity index is 1.83. The van der Waals surface area contributed by atoms with Gasteiger partial charge in [-0.1, -0.05) is 19.8 Å². The summed E-state index contributed by atoms with van der Waals surface area (Å²) in [5.74, 6) is 0.585. The fraction of sp³-hybridized carbons (Fsp3) is 0.923. The highest BCUT2D eigenvalue weighted by atomic mass is 16.3. The van der Waals surface area contributed by atoms with E-state index in [4.69, 9.17) is 5.73 Å². The van der Waals surface area contributed by atoms with Crippen LogP contribution in [0.25, 0.3) is 0 Å². The number of nitrogens with two attached hydrogens (primary N) is 1. The van der Waals surface area contributed by atoms with Crippen LogP contribution in [0.2, 0.25) is 0 Å². The molecule has 0 heterocycles. The van der Waals surface area contributed by atoms with Crippen LogP contribution in [-0.4, -0.2) is 29.7 Å². The summed E-state index contributed by atoms with van der Waals surface area (Å²) in [5.41, 5.74) is 4.60. The number of rotatable bonds is 4. The summed E-state index contributed by atoms with van der Waals surface area (Å²) in [6.45, 7) is 2.97. The van der Waals surface area contributed by atoms with Crippen LogP contribution in [0.4, 0.5) is 0 Å². The quantitative estimate of drug-likeness (QED) is 0.680.